The van der Waals surface area contributed by atoms with Gasteiger partial charge in [-0.3, -0.25) is 0 Å². The van der Waals surface area contributed by atoms with Crippen LogP contribution < -0.4 is 5.32 Å². The first-order valence-electron chi connectivity index (χ1n) is 7.76. The molecule has 1 nitrogen and oxygen atoms in total. The van der Waals surface area contributed by atoms with Crippen LogP contribution in [0.15, 0.2) is 24.3 Å². The molecule has 1 aromatic rings. The van der Waals surface area contributed by atoms with Gasteiger partial charge in [-0.1, -0.05) is 52.0 Å². The second-order valence-electron chi connectivity index (χ2n) is 6.69. The molecule has 0 aliphatic carbocycles. The van der Waals surface area contributed by atoms with Gasteiger partial charge in [0, 0.05) is 6.04 Å². The van der Waals surface area contributed by atoms with Gasteiger partial charge in [-0.2, -0.15) is 0 Å². The number of nitrogens with one attached hydrogen (secondary N) is 1. The van der Waals surface area contributed by atoms with E-state index >= 15 is 0 Å². The Bertz CT molecular complexity index is 345. The summed E-state index contributed by atoms with van der Waals surface area (Å²) in [6, 6.07) is 9.81. The van der Waals surface area contributed by atoms with Gasteiger partial charge in [-0.15, -0.1) is 0 Å². The van der Waals surface area contributed by atoms with Crippen molar-refractivity contribution in [3.8, 4) is 0 Å². The van der Waals surface area contributed by atoms with E-state index in [1.54, 1.807) is 0 Å². The van der Waals surface area contributed by atoms with E-state index in [2.05, 4.69) is 64.2 Å². The zero-order valence-electron chi connectivity index (χ0n) is 13.4. The van der Waals surface area contributed by atoms with Crippen LogP contribution in [-0.4, -0.2) is 12.6 Å². The quantitative estimate of drug-likeness (QED) is 0.750. The monoisotopic (exact) mass is 261 g/mol. The van der Waals surface area contributed by atoms with Crippen molar-refractivity contribution in [1.82, 2.24) is 5.32 Å². The van der Waals surface area contributed by atoms with Gasteiger partial charge >= 0.3 is 0 Å². The summed E-state index contributed by atoms with van der Waals surface area (Å²) in [6.45, 7) is 12.4. The molecule has 1 aromatic carbocycles. The van der Waals surface area contributed by atoms with Gasteiger partial charge in [-0.05, 0) is 55.7 Å². The Morgan fingerprint density at radius 2 is 1.74 bits per heavy atom. The molecule has 1 unspecified atom stereocenters. The molecule has 0 amide bonds. The summed E-state index contributed by atoms with van der Waals surface area (Å²) in [4.78, 5) is 0. The number of aryl methyl sites for hydroxylation is 1. The Labute approximate surface area is 119 Å². The highest BCUT2D eigenvalue weighted by Crippen LogP contribution is 2.22. The number of hydrogen-bond acceptors (Lipinski definition) is 1. The van der Waals surface area contributed by atoms with Crippen molar-refractivity contribution in [3.63, 3.8) is 0 Å². The van der Waals surface area contributed by atoms with Crippen LogP contribution >= 0.6 is 0 Å². The van der Waals surface area contributed by atoms with E-state index in [1.165, 1.54) is 36.8 Å². The zero-order chi connectivity index (χ0) is 14.3. The summed E-state index contributed by atoms with van der Waals surface area (Å²) < 4.78 is 0. The van der Waals surface area contributed by atoms with E-state index < -0.39 is 0 Å². The van der Waals surface area contributed by atoms with Crippen LogP contribution in [0.1, 0.15) is 65.0 Å². The third-order valence-corrected chi connectivity index (χ3v) is 3.67. The van der Waals surface area contributed by atoms with E-state index in [0.29, 0.717) is 6.04 Å². The summed E-state index contributed by atoms with van der Waals surface area (Å²) >= 11 is 0. The van der Waals surface area contributed by atoms with Crippen LogP contribution in [0.25, 0.3) is 0 Å². The van der Waals surface area contributed by atoms with Crippen LogP contribution in [0.5, 0.6) is 0 Å². The van der Waals surface area contributed by atoms with Crippen LogP contribution in [0.3, 0.4) is 0 Å². The number of benzene rings is 1. The first-order chi connectivity index (χ1) is 8.93. The highest BCUT2D eigenvalue weighted by atomic mass is 14.9. The molecule has 19 heavy (non-hydrogen) atoms. The SMILES string of the molecule is CCCNC(C)CCCc1ccc(C(C)(C)C)cc1. The van der Waals surface area contributed by atoms with E-state index in [1.807, 2.05) is 0 Å². The van der Waals surface area contributed by atoms with Crippen molar-refractivity contribution in [2.45, 2.75) is 71.8 Å². The summed E-state index contributed by atoms with van der Waals surface area (Å²) in [6.07, 6.45) is 4.95. The maximum Gasteiger partial charge on any atom is 0.00388 e. The van der Waals surface area contributed by atoms with Gasteiger partial charge in [0.15, 0.2) is 0 Å². The van der Waals surface area contributed by atoms with E-state index in [9.17, 15) is 0 Å². The summed E-state index contributed by atoms with van der Waals surface area (Å²) in [5.74, 6) is 0. The lowest BCUT2D eigenvalue weighted by Crippen LogP contribution is -2.26. The number of hydrogen-bond donors (Lipinski definition) is 1. The summed E-state index contributed by atoms with van der Waals surface area (Å²) in [7, 11) is 0. The van der Waals surface area contributed by atoms with Gasteiger partial charge in [0.1, 0.15) is 0 Å². The third-order valence-electron chi connectivity index (χ3n) is 3.67. The molecule has 108 valence electrons. The van der Waals surface area contributed by atoms with Crippen molar-refractivity contribution in [2.24, 2.45) is 0 Å². The van der Waals surface area contributed by atoms with Crippen molar-refractivity contribution in [3.05, 3.63) is 35.4 Å². The molecule has 1 heteroatoms. The Morgan fingerprint density at radius 1 is 1.11 bits per heavy atom. The molecule has 0 saturated heterocycles. The van der Waals surface area contributed by atoms with Crippen LogP contribution in [0.4, 0.5) is 0 Å². The molecule has 0 fully saturated rings. The fraction of sp³-hybridized carbons (Fsp3) is 0.667. The van der Waals surface area contributed by atoms with Gasteiger partial charge in [0.25, 0.3) is 0 Å². The Kier molecular flexibility index (Phi) is 6.57. The van der Waals surface area contributed by atoms with Crippen LogP contribution in [0.2, 0.25) is 0 Å². The van der Waals surface area contributed by atoms with Crippen molar-refractivity contribution < 1.29 is 0 Å². The van der Waals surface area contributed by atoms with E-state index in [4.69, 9.17) is 0 Å². The molecule has 0 radical (unpaired) electrons. The molecule has 0 saturated carbocycles. The second-order valence-corrected chi connectivity index (χ2v) is 6.69. The highest BCUT2D eigenvalue weighted by molar-refractivity contribution is 5.27. The molecular weight excluding hydrogens is 230 g/mol. The minimum Gasteiger partial charge on any atom is -0.314 e. The molecule has 1 rings (SSSR count). The number of rotatable bonds is 7. The molecule has 0 aromatic heterocycles. The fourth-order valence-electron chi connectivity index (χ4n) is 2.28. The van der Waals surface area contributed by atoms with E-state index in [-0.39, 0.29) is 5.41 Å². The van der Waals surface area contributed by atoms with Gasteiger partial charge in [0.05, 0.1) is 0 Å². The minimum absolute atomic E-state index is 0.261. The molecular formula is C18H31N. The lowest BCUT2D eigenvalue weighted by atomic mass is 9.86. The Hall–Kier alpha value is -0.820. The highest BCUT2D eigenvalue weighted by Gasteiger charge is 2.12. The van der Waals surface area contributed by atoms with Crippen molar-refractivity contribution >= 4 is 0 Å². The van der Waals surface area contributed by atoms with Crippen LogP contribution in [0, 0.1) is 0 Å². The van der Waals surface area contributed by atoms with Crippen molar-refractivity contribution in [1.29, 1.82) is 0 Å². The first kappa shape index (κ1) is 16.2. The lowest BCUT2D eigenvalue weighted by Gasteiger charge is -2.19. The average Bonchev–Trinajstić information content (AvgIpc) is 2.36. The van der Waals surface area contributed by atoms with Crippen LogP contribution in [-0.2, 0) is 11.8 Å². The maximum absolute atomic E-state index is 3.55. The fourth-order valence-corrected chi connectivity index (χ4v) is 2.28. The van der Waals surface area contributed by atoms with Gasteiger partial charge < -0.3 is 5.32 Å². The normalized spacial score (nSPS) is 13.5. The smallest absolute Gasteiger partial charge is 0.00388 e. The van der Waals surface area contributed by atoms with Gasteiger partial charge in [0.2, 0.25) is 0 Å². The molecule has 1 atom stereocenters. The molecule has 1 N–H and O–H groups in total. The lowest BCUT2D eigenvalue weighted by molar-refractivity contribution is 0.498. The van der Waals surface area contributed by atoms with Crippen molar-refractivity contribution in [2.75, 3.05) is 6.54 Å². The molecule has 0 bridgehead atoms. The zero-order valence-corrected chi connectivity index (χ0v) is 13.4. The molecule has 0 heterocycles. The second kappa shape index (κ2) is 7.69. The molecule has 0 spiro atoms. The first-order valence-corrected chi connectivity index (χ1v) is 7.76. The predicted molar refractivity (Wildman–Crippen MR) is 85.8 cm³/mol. The minimum atomic E-state index is 0.261. The third kappa shape index (κ3) is 6.24. The Morgan fingerprint density at radius 3 is 2.26 bits per heavy atom. The largest absolute Gasteiger partial charge is 0.314 e. The Balaban J connectivity index is 2.34. The van der Waals surface area contributed by atoms with E-state index in [0.717, 1.165) is 6.54 Å². The molecule has 0 aliphatic heterocycles. The van der Waals surface area contributed by atoms with Gasteiger partial charge in [-0.25, -0.2) is 0 Å². The standard InChI is InChI=1S/C18H31N/c1-6-14-19-15(2)8-7-9-16-10-12-17(13-11-16)18(3,4)5/h10-13,15,19H,6-9,14H2,1-5H3. The molecule has 0 aliphatic rings. The summed E-state index contributed by atoms with van der Waals surface area (Å²) in [5.41, 5.74) is 3.15. The predicted octanol–water partition coefficient (Wildman–Crippen LogP) is 4.69. The maximum atomic E-state index is 3.55. The topological polar surface area (TPSA) is 12.0 Å². The summed E-state index contributed by atoms with van der Waals surface area (Å²) in [5, 5.41) is 3.55. The average molecular weight is 261 g/mol.